The van der Waals surface area contributed by atoms with Gasteiger partial charge in [-0.15, -0.1) is 0 Å². The molecule has 2 N–H and O–H groups in total. The minimum atomic E-state index is -0.753. The first kappa shape index (κ1) is 15.4. The second-order valence-electron chi connectivity index (χ2n) is 4.39. The molecule has 0 spiro atoms. The Bertz CT molecular complexity index is 243. The van der Waals surface area contributed by atoms with Gasteiger partial charge in [-0.05, 0) is 19.3 Å². The van der Waals surface area contributed by atoms with Crippen LogP contribution in [0.5, 0.6) is 0 Å². The lowest BCUT2D eigenvalue weighted by Crippen LogP contribution is -2.57. The van der Waals surface area contributed by atoms with Crippen molar-refractivity contribution >= 4 is 5.97 Å². The highest BCUT2D eigenvalue weighted by Crippen LogP contribution is 2.31. The molecule has 18 heavy (non-hydrogen) atoms. The summed E-state index contributed by atoms with van der Waals surface area (Å²) < 4.78 is 15.4. The molecule has 0 aromatic heterocycles. The maximum Gasteiger partial charge on any atom is 0.323 e. The van der Waals surface area contributed by atoms with Gasteiger partial charge in [0.15, 0.2) is 0 Å². The van der Waals surface area contributed by atoms with Crippen molar-refractivity contribution in [3.05, 3.63) is 0 Å². The SMILES string of the molecule is COCCOCCOCCNC1(C(=O)O)CCC1. The molecule has 0 aromatic carbocycles. The van der Waals surface area contributed by atoms with Crippen LogP contribution in [0.1, 0.15) is 19.3 Å². The second-order valence-corrected chi connectivity index (χ2v) is 4.39. The Morgan fingerprint density at radius 3 is 2.28 bits per heavy atom. The van der Waals surface area contributed by atoms with Crippen molar-refractivity contribution < 1.29 is 24.1 Å². The molecule has 0 heterocycles. The molecule has 106 valence electrons. The van der Waals surface area contributed by atoms with E-state index in [9.17, 15) is 4.79 Å². The molecular weight excluding hydrogens is 238 g/mol. The van der Waals surface area contributed by atoms with Crippen LogP contribution in [-0.4, -0.2) is 63.3 Å². The third kappa shape index (κ3) is 4.89. The van der Waals surface area contributed by atoms with Gasteiger partial charge in [0, 0.05) is 13.7 Å². The van der Waals surface area contributed by atoms with Crippen LogP contribution < -0.4 is 5.32 Å². The number of ether oxygens (including phenoxy) is 3. The fourth-order valence-corrected chi connectivity index (χ4v) is 1.82. The number of nitrogens with one attached hydrogen (secondary N) is 1. The summed E-state index contributed by atoms with van der Waals surface area (Å²) >= 11 is 0. The van der Waals surface area contributed by atoms with E-state index in [-0.39, 0.29) is 0 Å². The number of hydrogen-bond acceptors (Lipinski definition) is 5. The topological polar surface area (TPSA) is 77.0 Å². The maximum atomic E-state index is 11.0. The standard InChI is InChI=1S/C12H23NO5/c1-16-7-8-18-10-9-17-6-5-13-12(11(14)15)3-2-4-12/h13H,2-10H2,1H3,(H,14,15). The number of hydrogen-bond donors (Lipinski definition) is 2. The van der Waals surface area contributed by atoms with Crippen LogP contribution in [0.4, 0.5) is 0 Å². The lowest BCUT2D eigenvalue weighted by molar-refractivity contribution is -0.148. The number of methoxy groups -OCH3 is 1. The highest BCUT2D eigenvalue weighted by atomic mass is 16.5. The van der Waals surface area contributed by atoms with E-state index < -0.39 is 11.5 Å². The van der Waals surface area contributed by atoms with Gasteiger partial charge in [-0.25, -0.2) is 0 Å². The normalized spacial score (nSPS) is 17.4. The van der Waals surface area contributed by atoms with Gasteiger partial charge in [0.1, 0.15) is 5.54 Å². The Labute approximate surface area is 108 Å². The van der Waals surface area contributed by atoms with Crippen molar-refractivity contribution in [2.75, 3.05) is 46.7 Å². The zero-order chi connectivity index (χ0) is 13.3. The molecule has 0 unspecified atom stereocenters. The van der Waals surface area contributed by atoms with Crippen molar-refractivity contribution in [1.82, 2.24) is 5.32 Å². The molecule has 0 amide bonds. The lowest BCUT2D eigenvalue weighted by Gasteiger charge is -2.38. The van der Waals surface area contributed by atoms with E-state index in [2.05, 4.69) is 5.32 Å². The summed E-state index contributed by atoms with van der Waals surface area (Å²) in [6, 6.07) is 0. The summed E-state index contributed by atoms with van der Waals surface area (Å²) in [6.07, 6.45) is 2.40. The quantitative estimate of drug-likeness (QED) is 0.520. The fraction of sp³-hybridized carbons (Fsp3) is 0.917. The Morgan fingerprint density at radius 1 is 1.17 bits per heavy atom. The predicted molar refractivity (Wildman–Crippen MR) is 65.7 cm³/mol. The summed E-state index contributed by atoms with van der Waals surface area (Å²) in [7, 11) is 1.63. The molecule has 6 nitrogen and oxygen atoms in total. The minimum Gasteiger partial charge on any atom is -0.480 e. The smallest absolute Gasteiger partial charge is 0.323 e. The Kier molecular flexibility index (Phi) is 7.19. The van der Waals surface area contributed by atoms with Gasteiger partial charge in [-0.2, -0.15) is 0 Å². The molecule has 0 aliphatic heterocycles. The van der Waals surface area contributed by atoms with Crippen molar-refractivity contribution in [2.45, 2.75) is 24.8 Å². The molecule has 1 aliphatic rings. The van der Waals surface area contributed by atoms with E-state index in [0.29, 0.717) is 52.4 Å². The average Bonchev–Trinajstić information content (AvgIpc) is 2.29. The van der Waals surface area contributed by atoms with Crippen molar-refractivity contribution in [3.8, 4) is 0 Å². The highest BCUT2D eigenvalue weighted by Gasteiger charge is 2.43. The van der Waals surface area contributed by atoms with Crippen LogP contribution in [0.2, 0.25) is 0 Å². The van der Waals surface area contributed by atoms with E-state index in [1.165, 1.54) is 0 Å². The van der Waals surface area contributed by atoms with Crippen LogP contribution >= 0.6 is 0 Å². The van der Waals surface area contributed by atoms with Gasteiger partial charge in [-0.3, -0.25) is 10.1 Å². The van der Waals surface area contributed by atoms with Crippen molar-refractivity contribution in [3.63, 3.8) is 0 Å². The molecule has 1 saturated carbocycles. The van der Waals surface area contributed by atoms with Gasteiger partial charge in [0.25, 0.3) is 0 Å². The van der Waals surface area contributed by atoms with Crippen LogP contribution in [0.15, 0.2) is 0 Å². The van der Waals surface area contributed by atoms with E-state index in [4.69, 9.17) is 19.3 Å². The molecule has 0 radical (unpaired) electrons. The molecule has 6 heteroatoms. The molecular formula is C12H23NO5. The molecule has 0 bridgehead atoms. The van der Waals surface area contributed by atoms with Gasteiger partial charge < -0.3 is 19.3 Å². The summed E-state index contributed by atoms with van der Waals surface area (Å²) in [6.45, 7) is 3.27. The molecule has 1 rings (SSSR count). The van der Waals surface area contributed by atoms with Gasteiger partial charge in [0.05, 0.1) is 33.0 Å². The van der Waals surface area contributed by atoms with Crippen LogP contribution in [0, 0.1) is 0 Å². The molecule has 0 atom stereocenters. The zero-order valence-corrected chi connectivity index (χ0v) is 10.9. The molecule has 0 aromatic rings. The number of carbonyl (C=O) groups is 1. The van der Waals surface area contributed by atoms with Gasteiger partial charge in [0.2, 0.25) is 0 Å². The fourth-order valence-electron chi connectivity index (χ4n) is 1.82. The van der Waals surface area contributed by atoms with Gasteiger partial charge in [-0.1, -0.05) is 0 Å². The Morgan fingerprint density at radius 2 is 1.78 bits per heavy atom. The first-order valence-electron chi connectivity index (χ1n) is 6.34. The van der Waals surface area contributed by atoms with Crippen LogP contribution in [-0.2, 0) is 19.0 Å². The molecule has 0 saturated heterocycles. The third-order valence-electron chi connectivity index (χ3n) is 3.13. The Balaban J connectivity index is 1.91. The number of aliphatic carboxylic acids is 1. The van der Waals surface area contributed by atoms with E-state index in [1.807, 2.05) is 0 Å². The molecule has 1 fully saturated rings. The summed E-state index contributed by atoms with van der Waals surface area (Å²) in [5, 5.41) is 12.1. The number of rotatable bonds is 11. The van der Waals surface area contributed by atoms with Crippen LogP contribution in [0.25, 0.3) is 0 Å². The van der Waals surface area contributed by atoms with E-state index in [0.717, 1.165) is 6.42 Å². The first-order chi connectivity index (χ1) is 8.71. The van der Waals surface area contributed by atoms with Crippen molar-refractivity contribution in [2.24, 2.45) is 0 Å². The monoisotopic (exact) mass is 261 g/mol. The second kappa shape index (κ2) is 8.42. The average molecular weight is 261 g/mol. The highest BCUT2D eigenvalue weighted by molar-refractivity contribution is 5.79. The summed E-state index contributed by atoms with van der Waals surface area (Å²) in [4.78, 5) is 11.0. The maximum absolute atomic E-state index is 11.0. The zero-order valence-electron chi connectivity index (χ0n) is 10.9. The number of carboxylic acids is 1. The van der Waals surface area contributed by atoms with E-state index >= 15 is 0 Å². The minimum absolute atomic E-state index is 0.503. The van der Waals surface area contributed by atoms with E-state index in [1.54, 1.807) is 7.11 Å². The predicted octanol–water partition coefficient (Wildman–Crippen LogP) is 0.263. The van der Waals surface area contributed by atoms with Crippen molar-refractivity contribution in [1.29, 1.82) is 0 Å². The summed E-state index contributed by atoms with van der Waals surface area (Å²) in [5.41, 5.74) is -0.696. The Hall–Kier alpha value is -0.690. The van der Waals surface area contributed by atoms with Gasteiger partial charge >= 0.3 is 5.97 Å². The number of carboxylic acid groups (broad SMARTS) is 1. The summed E-state index contributed by atoms with van der Waals surface area (Å²) in [5.74, 6) is -0.753. The largest absolute Gasteiger partial charge is 0.480 e. The molecule has 1 aliphatic carbocycles. The first-order valence-corrected chi connectivity index (χ1v) is 6.34. The third-order valence-corrected chi connectivity index (χ3v) is 3.13. The lowest BCUT2D eigenvalue weighted by atomic mass is 9.77. The van der Waals surface area contributed by atoms with Crippen LogP contribution in [0.3, 0.4) is 0 Å².